The molecular weight excluding hydrogens is 204 g/mol. The Bertz CT molecular complexity index is 374. The molecule has 0 saturated heterocycles. The number of carboxylic acids is 1. The van der Waals surface area contributed by atoms with E-state index in [-0.39, 0.29) is 0 Å². The molecular formula is C12H16N2O2. The monoisotopic (exact) mass is 220 g/mol. The first-order valence-electron chi connectivity index (χ1n) is 5.49. The summed E-state index contributed by atoms with van der Waals surface area (Å²) in [7, 11) is 1.92. The Morgan fingerprint density at radius 3 is 2.81 bits per heavy atom. The molecule has 2 rings (SSSR count). The van der Waals surface area contributed by atoms with Crippen molar-refractivity contribution in [1.82, 2.24) is 4.98 Å². The number of rotatable bonds is 4. The molecule has 1 heterocycles. The van der Waals surface area contributed by atoms with Gasteiger partial charge in [0, 0.05) is 19.8 Å². The van der Waals surface area contributed by atoms with Crippen LogP contribution in [0.25, 0.3) is 0 Å². The van der Waals surface area contributed by atoms with Gasteiger partial charge in [0.15, 0.2) is 0 Å². The maximum absolute atomic E-state index is 11.2. The number of hydrogen-bond acceptors (Lipinski definition) is 3. The van der Waals surface area contributed by atoms with Gasteiger partial charge in [0.1, 0.15) is 0 Å². The lowest BCUT2D eigenvalue weighted by molar-refractivity contribution is -0.153. The van der Waals surface area contributed by atoms with Crippen LogP contribution in [0.1, 0.15) is 19.3 Å². The summed E-state index contributed by atoms with van der Waals surface area (Å²) < 4.78 is 0. The molecule has 0 aliphatic heterocycles. The van der Waals surface area contributed by atoms with Crippen LogP contribution < -0.4 is 4.90 Å². The van der Waals surface area contributed by atoms with Crippen molar-refractivity contribution in [2.45, 2.75) is 19.3 Å². The van der Waals surface area contributed by atoms with E-state index in [0.29, 0.717) is 6.54 Å². The third kappa shape index (κ3) is 1.87. The summed E-state index contributed by atoms with van der Waals surface area (Å²) in [5, 5.41) is 9.24. The minimum absolute atomic E-state index is 0.537. The topological polar surface area (TPSA) is 53.4 Å². The molecule has 1 saturated carbocycles. The van der Waals surface area contributed by atoms with Crippen LogP contribution in [-0.2, 0) is 4.79 Å². The largest absolute Gasteiger partial charge is 0.481 e. The SMILES string of the molecule is CN(CC1(C(=O)O)CCC1)c1cccnc1. The summed E-state index contributed by atoms with van der Waals surface area (Å²) in [6, 6.07) is 3.81. The maximum atomic E-state index is 11.2. The molecule has 1 fully saturated rings. The number of pyridine rings is 1. The molecule has 1 aliphatic rings. The highest BCUT2D eigenvalue weighted by molar-refractivity contribution is 5.76. The second kappa shape index (κ2) is 4.12. The number of aromatic nitrogens is 1. The van der Waals surface area contributed by atoms with Crippen LogP contribution in [0.2, 0.25) is 0 Å². The molecule has 86 valence electrons. The van der Waals surface area contributed by atoms with Gasteiger partial charge >= 0.3 is 5.97 Å². The molecule has 0 aromatic carbocycles. The molecule has 1 aliphatic carbocycles. The van der Waals surface area contributed by atoms with Gasteiger partial charge in [-0.1, -0.05) is 6.42 Å². The Balaban J connectivity index is 2.07. The van der Waals surface area contributed by atoms with Gasteiger partial charge in [0.05, 0.1) is 17.3 Å². The highest BCUT2D eigenvalue weighted by Crippen LogP contribution is 2.42. The third-order valence-electron chi connectivity index (χ3n) is 3.39. The first-order valence-corrected chi connectivity index (χ1v) is 5.49. The van der Waals surface area contributed by atoms with Crippen molar-refractivity contribution in [1.29, 1.82) is 0 Å². The predicted octanol–water partition coefficient (Wildman–Crippen LogP) is 1.77. The molecule has 4 nitrogen and oxygen atoms in total. The lowest BCUT2D eigenvalue weighted by Crippen LogP contribution is -2.46. The van der Waals surface area contributed by atoms with E-state index in [9.17, 15) is 9.90 Å². The Hall–Kier alpha value is -1.58. The second-order valence-corrected chi connectivity index (χ2v) is 4.51. The molecule has 0 spiro atoms. The maximum Gasteiger partial charge on any atom is 0.311 e. The van der Waals surface area contributed by atoms with Crippen LogP contribution in [0.3, 0.4) is 0 Å². The molecule has 1 aromatic heterocycles. The van der Waals surface area contributed by atoms with Gasteiger partial charge in [-0.05, 0) is 25.0 Å². The number of anilines is 1. The van der Waals surface area contributed by atoms with Gasteiger partial charge in [-0.25, -0.2) is 0 Å². The summed E-state index contributed by atoms with van der Waals surface area (Å²) in [6.07, 6.45) is 6.06. The van der Waals surface area contributed by atoms with Gasteiger partial charge in [-0.15, -0.1) is 0 Å². The van der Waals surface area contributed by atoms with E-state index in [1.54, 1.807) is 12.4 Å². The fraction of sp³-hybridized carbons (Fsp3) is 0.500. The standard InChI is InChI=1S/C12H16N2O2/c1-14(10-4-2-7-13-8-10)9-12(11(15)16)5-3-6-12/h2,4,7-8H,3,5-6,9H2,1H3,(H,15,16). The molecule has 0 unspecified atom stereocenters. The second-order valence-electron chi connectivity index (χ2n) is 4.51. The van der Waals surface area contributed by atoms with E-state index >= 15 is 0 Å². The van der Waals surface area contributed by atoms with E-state index in [1.165, 1.54) is 0 Å². The lowest BCUT2D eigenvalue weighted by Gasteiger charge is -2.40. The van der Waals surface area contributed by atoms with Gasteiger partial charge in [-0.2, -0.15) is 0 Å². The highest BCUT2D eigenvalue weighted by atomic mass is 16.4. The van der Waals surface area contributed by atoms with Crippen LogP contribution in [0, 0.1) is 5.41 Å². The van der Waals surface area contributed by atoms with Crippen molar-refractivity contribution in [3.05, 3.63) is 24.5 Å². The smallest absolute Gasteiger partial charge is 0.311 e. The number of aliphatic carboxylic acids is 1. The first kappa shape index (κ1) is 10.9. The number of carbonyl (C=O) groups is 1. The van der Waals surface area contributed by atoms with Crippen molar-refractivity contribution in [3.63, 3.8) is 0 Å². The van der Waals surface area contributed by atoms with Crippen molar-refractivity contribution in [2.75, 3.05) is 18.5 Å². The van der Waals surface area contributed by atoms with Crippen molar-refractivity contribution in [3.8, 4) is 0 Å². The predicted molar refractivity (Wildman–Crippen MR) is 61.4 cm³/mol. The van der Waals surface area contributed by atoms with E-state index in [0.717, 1.165) is 24.9 Å². The third-order valence-corrected chi connectivity index (χ3v) is 3.39. The molecule has 0 amide bonds. The normalized spacial score (nSPS) is 17.6. The van der Waals surface area contributed by atoms with E-state index in [4.69, 9.17) is 0 Å². The minimum Gasteiger partial charge on any atom is -0.481 e. The molecule has 0 bridgehead atoms. The van der Waals surface area contributed by atoms with Crippen LogP contribution in [0.4, 0.5) is 5.69 Å². The number of nitrogens with zero attached hydrogens (tertiary/aromatic N) is 2. The molecule has 0 radical (unpaired) electrons. The Labute approximate surface area is 94.9 Å². The van der Waals surface area contributed by atoms with Gasteiger partial charge in [0.2, 0.25) is 0 Å². The fourth-order valence-corrected chi connectivity index (χ4v) is 2.17. The Kier molecular flexibility index (Phi) is 2.81. The zero-order valence-electron chi connectivity index (χ0n) is 9.39. The van der Waals surface area contributed by atoms with Gasteiger partial charge < -0.3 is 10.0 Å². The van der Waals surface area contributed by atoms with Gasteiger partial charge in [0.25, 0.3) is 0 Å². The van der Waals surface area contributed by atoms with Crippen LogP contribution in [0.5, 0.6) is 0 Å². The number of hydrogen-bond donors (Lipinski definition) is 1. The molecule has 16 heavy (non-hydrogen) atoms. The molecule has 1 N–H and O–H groups in total. The highest BCUT2D eigenvalue weighted by Gasteiger charge is 2.45. The molecule has 4 heteroatoms. The fourth-order valence-electron chi connectivity index (χ4n) is 2.17. The minimum atomic E-state index is -0.672. The van der Waals surface area contributed by atoms with Crippen molar-refractivity contribution < 1.29 is 9.90 Å². The lowest BCUT2D eigenvalue weighted by atomic mass is 9.68. The van der Waals surface area contributed by atoms with Gasteiger partial charge in [-0.3, -0.25) is 9.78 Å². The zero-order chi connectivity index (χ0) is 11.6. The number of carboxylic acid groups (broad SMARTS) is 1. The van der Waals surface area contributed by atoms with E-state index in [1.807, 2.05) is 24.1 Å². The van der Waals surface area contributed by atoms with E-state index in [2.05, 4.69) is 4.98 Å². The first-order chi connectivity index (χ1) is 7.64. The summed E-state index contributed by atoms with van der Waals surface area (Å²) in [6.45, 7) is 0.564. The van der Waals surface area contributed by atoms with Crippen molar-refractivity contribution in [2.24, 2.45) is 5.41 Å². The Morgan fingerprint density at radius 2 is 2.38 bits per heavy atom. The summed E-state index contributed by atoms with van der Waals surface area (Å²) in [4.78, 5) is 17.2. The van der Waals surface area contributed by atoms with Crippen LogP contribution >= 0.6 is 0 Å². The van der Waals surface area contributed by atoms with Crippen molar-refractivity contribution >= 4 is 11.7 Å². The zero-order valence-corrected chi connectivity index (χ0v) is 9.39. The summed E-state index contributed by atoms with van der Waals surface area (Å²) >= 11 is 0. The Morgan fingerprint density at radius 1 is 1.62 bits per heavy atom. The average Bonchev–Trinajstić information content (AvgIpc) is 2.24. The summed E-state index contributed by atoms with van der Waals surface area (Å²) in [5.74, 6) is -0.672. The van der Waals surface area contributed by atoms with Crippen LogP contribution in [-0.4, -0.2) is 29.7 Å². The average molecular weight is 220 g/mol. The molecule has 1 aromatic rings. The molecule has 0 atom stereocenters. The van der Waals surface area contributed by atoms with Crippen LogP contribution in [0.15, 0.2) is 24.5 Å². The van der Waals surface area contributed by atoms with E-state index < -0.39 is 11.4 Å². The quantitative estimate of drug-likeness (QED) is 0.840. The summed E-state index contributed by atoms with van der Waals surface area (Å²) in [5.41, 5.74) is 0.431.